The van der Waals surface area contributed by atoms with Crippen molar-refractivity contribution in [2.45, 2.75) is 32.4 Å². The van der Waals surface area contributed by atoms with E-state index in [-0.39, 0.29) is 17.6 Å². The van der Waals surface area contributed by atoms with Gasteiger partial charge in [-0.1, -0.05) is 6.07 Å². The number of carbonyl (C=O) groups is 1. The van der Waals surface area contributed by atoms with Crippen LogP contribution in [-0.4, -0.2) is 22.3 Å². The number of amides is 1. The molecule has 0 saturated heterocycles. The molecule has 1 fully saturated rings. The van der Waals surface area contributed by atoms with Crippen molar-refractivity contribution in [2.24, 2.45) is 5.92 Å². The highest BCUT2D eigenvalue weighted by Crippen LogP contribution is 2.32. The summed E-state index contributed by atoms with van der Waals surface area (Å²) in [7, 11) is 0. The molecule has 1 aromatic heterocycles. The van der Waals surface area contributed by atoms with Crippen LogP contribution in [0.4, 0.5) is 4.39 Å². The van der Waals surface area contributed by atoms with Crippen LogP contribution >= 0.6 is 0 Å². The quantitative estimate of drug-likeness (QED) is 0.867. The Balaban J connectivity index is 1.44. The van der Waals surface area contributed by atoms with Gasteiger partial charge >= 0.3 is 0 Å². The minimum absolute atomic E-state index is 0.249. The summed E-state index contributed by atoms with van der Waals surface area (Å²) >= 11 is 0. The number of ether oxygens (including phenoxy) is 1. The molecule has 0 radical (unpaired) electrons. The Kier molecular flexibility index (Phi) is 3.92. The molecule has 0 N–H and O–H groups in total. The number of hydrogen-bond donors (Lipinski definition) is 0. The third-order valence-electron chi connectivity index (χ3n) is 4.54. The second kappa shape index (κ2) is 6.23. The molecule has 4 rings (SSSR count). The van der Waals surface area contributed by atoms with E-state index >= 15 is 0 Å². The third-order valence-corrected chi connectivity index (χ3v) is 4.54. The number of hydrogen-bond acceptors (Lipinski definition) is 3. The minimum Gasteiger partial charge on any atom is -0.489 e. The van der Waals surface area contributed by atoms with Gasteiger partial charge in [-0.3, -0.25) is 9.78 Å². The molecule has 1 aliphatic carbocycles. The lowest BCUT2D eigenvalue weighted by Crippen LogP contribution is -2.37. The fraction of sp³-hybridized carbons (Fsp3) is 0.368. The van der Waals surface area contributed by atoms with Crippen molar-refractivity contribution in [2.75, 3.05) is 6.54 Å². The monoisotopic (exact) mass is 326 g/mol. The fourth-order valence-electron chi connectivity index (χ4n) is 3.05. The number of pyridine rings is 1. The van der Waals surface area contributed by atoms with E-state index < -0.39 is 0 Å². The molecule has 0 bridgehead atoms. The minimum atomic E-state index is -0.315. The lowest BCUT2D eigenvalue weighted by Gasteiger charge is -2.28. The summed E-state index contributed by atoms with van der Waals surface area (Å²) in [5.74, 6) is 0.713. The van der Waals surface area contributed by atoms with Gasteiger partial charge in [0.2, 0.25) is 5.91 Å². The first-order valence-corrected chi connectivity index (χ1v) is 8.33. The molecule has 0 atom stereocenters. The second-order valence-corrected chi connectivity index (χ2v) is 6.48. The molecular formula is C19H19FN2O2. The Morgan fingerprint density at radius 2 is 2.21 bits per heavy atom. The molecule has 1 amide bonds. The van der Waals surface area contributed by atoms with Gasteiger partial charge in [-0.25, -0.2) is 4.39 Å². The van der Waals surface area contributed by atoms with E-state index in [0.717, 1.165) is 42.6 Å². The average molecular weight is 326 g/mol. The molecular weight excluding hydrogens is 307 g/mol. The Labute approximate surface area is 140 Å². The molecule has 5 heteroatoms. The largest absolute Gasteiger partial charge is 0.489 e. The number of aromatic nitrogens is 1. The Bertz CT molecular complexity index is 774. The van der Waals surface area contributed by atoms with E-state index in [1.54, 1.807) is 18.3 Å². The average Bonchev–Trinajstić information content (AvgIpc) is 3.44. The molecule has 2 aliphatic rings. The number of nitrogens with zero attached hydrogens (tertiary/aromatic N) is 2. The van der Waals surface area contributed by atoms with Crippen molar-refractivity contribution in [3.63, 3.8) is 0 Å². The Morgan fingerprint density at radius 1 is 1.33 bits per heavy atom. The smallest absolute Gasteiger partial charge is 0.225 e. The van der Waals surface area contributed by atoms with Crippen molar-refractivity contribution in [1.82, 2.24) is 9.88 Å². The number of carbonyl (C=O) groups excluding carboxylic acids is 1. The number of benzene rings is 1. The Morgan fingerprint density at radius 3 is 3.00 bits per heavy atom. The predicted molar refractivity (Wildman–Crippen MR) is 86.8 cm³/mol. The van der Waals surface area contributed by atoms with Crippen LogP contribution in [-0.2, 0) is 24.4 Å². The summed E-state index contributed by atoms with van der Waals surface area (Å²) in [6, 6.07) is 8.15. The normalized spacial score (nSPS) is 16.6. The molecule has 1 aliphatic heterocycles. The summed E-state index contributed by atoms with van der Waals surface area (Å²) in [6.07, 6.45) is 4.67. The van der Waals surface area contributed by atoms with E-state index in [0.29, 0.717) is 18.9 Å². The highest BCUT2D eigenvalue weighted by Gasteiger charge is 2.34. The molecule has 2 aromatic rings. The first kappa shape index (κ1) is 15.1. The Hall–Kier alpha value is -2.43. The van der Waals surface area contributed by atoms with Crippen molar-refractivity contribution >= 4 is 5.91 Å². The standard InChI is InChI=1S/C19H19FN2O2/c20-16-2-1-3-17(9-16)24-12-13-8-15-11-22(19(23)14-4-5-14)7-6-18(15)21-10-13/h1-3,8-10,14H,4-7,11-12H2. The SMILES string of the molecule is O=C(C1CC1)N1CCc2ncc(COc3cccc(F)c3)cc2C1. The van der Waals surface area contributed by atoms with Crippen molar-refractivity contribution < 1.29 is 13.9 Å². The van der Waals surface area contributed by atoms with E-state index in [1.807, 2.05) is 11.0 Å². The number of fused-ring (bicyclic) bond motifs is 1. The fourth-order valence-corrected chi connectivity index (χ4v) is 3.05. The molecule has 4 nitrogen and oxygen atoms in total. The zero-order chi connectivity index (χ0) is 16.5. The molecule has 1 aromatic carbocycles. The predicted octanol–water partition coefficient (Wildman–Crippen LogP) is 3.09. The van der Waals surface area contributed by atoms with Gasteiger partial charge in [0, 0.05) is 48.9 Å². The van der Waals surface area contributed by atoms with Crippen LogP contribution in [0.2, 0.25) is 0 Å². The molecule has 2 heterocycles. The van der Waals surface area contributed by atoms with Crippen LogP contribution < -0.4 is 4.74 Å². The van der Waals surface area contributed by atoms with Crippen molar-refractivity contribution in [1.29, 1.82) is 0 Å². The maximum absolute atomic E-state index is 13.2. The first-order chi connectivity index (χ1) is 11.7. The number of rotatable bonds is 4. The van der Waals surface area contributed by atoms with Gasteiger partial charge in [-0.15, -0.1) is 0 Å². The van der Waals surface area contributed by atoms with E-state index in [9.17, 15) is 9.18 Å². The molecule has 0 unspecified atom stereocenters. The second-order valence-electron chi connectivity index (χ2n) is 6.48. The zero-order valence-electron chi connectivity index (χ0n) is 13.4. The topological polar surface area (TPSA) is 42.4 Å². The van der Waals surface area contributed by atoms with Crippen LogP contribution in [0.1, 0.15) is 29.7 Å². The molecule has 24 heavy (non-hydrogen) atoms. The third kappa shape index (κ3) is 3.25. The van der Waals surface area contributed by atoms with Crippen molar-refractivity contribution in [3.8, 4) is 5.75 Å². The lowest BCUT2D eigenvalue weighted by molar-refractivity contribution is -0.133. The van der Waals surface area contributed by atoms with E-state index in [2.05, 4.69) is 4.98 Å². The highest BCUT2D eigenvalue weighted by atomic mass is 19.1. The van der Waals surface area contributed by atoms with Crippen molar-refractivity contribution in [3.05, 3.63) is 59.2 Å². The summed E-state index contributed by atoms with van der Waals surface area (Å²) in [5.41, 5.74) is 3.08. The van der Waals surface area contributed by atoms with Crippen LogP contribution in [0.5, 0.6) is 5.75 Å². The lowest BCUT2D eigenvalue weighted by atomic mass is 10.0. The van der Waals surface area contributed by atoms with Gasteiger partial charge < -0.3 is 9.64 Å². The van der Waals surface area contributed by atoms with Crippen LogP contribution in [0.3, 0.4) is 0 Å². The highest BCUT2D eigenvalue weighted by molar-refractivity contribution is 5.81. The summed E-state index contributed by atoms with van der Waals surface area (Å²) in [4.78, 5) is 18.7. The van der Waals surface area contributed by atoms with Gasteiger partial charge in [-0.2, -0.15) is 0 Å². The van der Waals surface area contributed by atoms with Gasteiger partial charge in [0.05, 0.1) is 0 Å². The van der Waals surface area contributed by atoms with E-state index in [4.69, 9.17) is 4.74 Å². The summed E-state index contributed by atoms with van der Waals surface area (Å²) < 4.78 is 18.8. The number of halogens is 1. The van der Waals surface area contributed by atoms with Gasteiger partial charge in [-0.05, 0) is 36.6 Å². The van der Waals surface area contributed by atoms with Gasteiger partial charge in [0.15, 0.2) is 0 Å². The summed E-state index contributed by atoms with van der Waals surface area (Å²) in [5, 5.41) is 0. The van der Waals surface area contributed by atoms with E-state index in [1.165, 1.54) is 12.1 Å². The molecule has 1 saturated carbocycles. The maximum Gasteiger partial charge on any atom is 0.225 e. The first-order valence-electron chi connectivity index (χ1n) is 8.33. The van der Waals surface area contributed by atoms with Gasteiger partial charge in [0.1, 0.15) is 18.2 Å². The van der Waals surface area contributed by atoms with Crippen LogP contribution in [0.15, 0.2) is 36.5 Å². The molecule has 124 valence electrons. The van der Waals surface area contributed by atoms with Crippen LogP contribution in [0, 0.1) is 11.7 Å². The summed E-state index contributed by atoms with van der Waals surface area (Å²) in [6.45, 7) is 1.72. The van der Waals surface area contributed by atoms with Crippen LogP contribution in [0.25, 0.3) is 0 Å². The maximum atomic E-state index is 13.2. The zero-order valence-corrected chi connectivity index (χ0v) is 13.4. The molecule has 0 spiro atoms. The van der Waals surface area contributed by atoms with Gasteiger partial charge in [0.25, 0.3) is 0 Å².